The highest BCUT2D eigenvalue weighted by Crippen LogP contribution is 2.28. The number of carbonyl (C=O) groups is 1. The van der Waals surface area contributed by atoms with Gasteiger partial charge in [0.2, 0.25) is 5.01 Å². The van der Waals surface area contributed by atoms with Crippen LogP contribution in [0.3, 0.4) is 0 Å². The summed E-state index contributed by atoms with van der Waals surface area (Å²) in [4.78, 5) is 19.4. The molecule has 0 atom stereocenters. The van der Waals surface area contributed by atoms with Crippen LogP contribution in [0.4, 0.5) is 0 Å². The van der Waals surface area contributed by atoms with Crippen molar-refractivity contribution in [1.29, 1.82) is 0 Å². The van der Waals surface area contributed by atoms with E-state index in [9.17, 15) is 4.79 Å². The zero-order valence-corrected chi connectivity index (χ0v) is 10.5. The Morgan fingerprint density at radius 3 is 3.06 bits per heavy atom. The lowest BCUT2D eigenvalue weighted by Gasteiger charge is -1.94. The van der Waals surface area contributed by atoms with Crippen molar-refractivity contribution in [3.05, 3.63) is 23.6 Å². The topological polar surface area (TPSA) is 77.9 Å². The van der Waals surface area contributed by atoms with Crippen LogP contribution in [0.2, 0.25) is 0 Å². The quantitative estimate of drug-likeness (QED) is 0.780. The molecule has 0 amide bonds. The summed E-state index contributed by atoms with van der Waals surface area (Å²) in [5, 5.41) is 8.59. The van der Waals surface area contributed by atoms with Gasteiger partial charge in [-0.15, -0.1) is 10.2 Å². The van der Waals surface area contributed by atoms with Gasteiger partial charge in [-0.25, -0.2) is 9.78 Å². The molecule has 0 radical (unpaired) electrons. The van der Waals surface area contributed by atoms with Gasteiger partial charge >= 0.3 is 5.97 Å². The van der Waals surface area contributed by atoms with Crippen LogP contribution < -0.4 is 0 Å². The van der Waals surface area contributed by atoms with Crippen LogP contribution in [0.25, 0.3) is 0 Å². The molecule has 2 rings (SSSR count). The lowest BCUT2D eigenvalue weighted by molar-refractivity contribution is 0.0525. The fourth-order valence-electron chi connectivity index (χ4n) is 0.954. The van der Waals surface area contributed by atoms with E-state index in [0.717, 1.165) is 0 Å². The van der Waals surface area contributed by atoms with Crippen molar-refractivity contribution in [2.45, 2.75) is 16.3 Å². The summed E-state index contributed by atoms with van der Waals surface area (Å²) in [6.45, 7) is 2.07. The van der Waals surface area contributed by atoms with Crippen molar-refractivity contribution in [3.8, 4) is 0 Å². The van der Waals surface area contributed by atoms with Crippen LogP contribution in [-0.2, 0) is 4.74 Å². The molecule has 2 aromatic rings. The van der Waals surface area contributed by atoms with E-state index < -0.39 is 5.97 Å². The van der Waals surface area contributed by atoms with Gasteiger partial charge in [0, 0.05) is 12.4 Å². The van der Waals surface area contributed by atoms with Gasteiger partial charge in [0.05, 0.1) is 12.8 Å². The number of esters is 1. The minimum absolute atomic E-state index is 0.248. The standard InChI is InChI=1S/C9H8N4O2S2/c1-2-15-8(14)7-12-13-9(17-7)16-6-5-10-3-4-11-6/h3-5H,2H2,1H3. The average molecular weight is 268 g/mol. The maximum absolute atomic E-state index is 11.4. The number of ether oxygens (including phenoxy) is 1. The van der Waals surface area contributed by atoms with Crippen LogP contribution in [0, 0.1) is 0 Å². The first kappa shape index (κ1) is 11.9. The molecule has 6 nitrogen and oxygen atoms in total. The van der Waals surface area contributed by atoms with Crippen molar-refractivity contribution in [1.82, 2.24) is 20.2 Å². The van der Waals surface area contributed by atoms with Gasteiger partial charge < -0.3 is 4.74 Å². The molecule has 17 heavy (non-hydrogen) atoms. The molecule has 0 bridgehead atoms. The predicted octanol–water partition coefficient (Wildman–Crippen LogP) is 1.66. The summed E-state index contributed by atoms with van der Waals surface area (Å²) in [7, 11) is 0. The lowest BCUT2D eigenvalue weighted by atomic mass is 10.7. The number of hydrogen-bond acceptors (Lipinski definition) is 8. The van der Waals surface area contributed by atoms with Gasteiger partial charge in [-0.05, 0) is 18.7 Å². The Kier molecular flexibility index (Phi) is 3.99. The normalized spacial score (nSPS) is 10.2. The van der Waals surface area contributed by atoms with Crippen molar-refractivity contribution in [2.75, 3.05) is 6.61 Å². The monoisotopic (exact) mass is 268 g/mol. The van der Waals surface area contributed by atoms with Crippen LogP contribution in [0.15, 0.2) is 28.0 Å². The number of rotatable bonds is 4. The Morgan fingerprint density at radius 2 is 2.35 bits per heavy atom. The number of hydrogen-bond donors (Lipinski definition) is 0. The number of aromatic nitrogens is 4. The van der Waals surface area contributed by atoms with Crippen molar-refractivity contribution >= 4 is 29.1 Å². The van der Waals surface area contributed by atoms with E-state index in [0.29, 0.717) is 16.0 Å². The first-order chi connectivity index (χ1) is 8.29. The van der Waals surface area contributed by atoms with Crippen LogP contribution >= 0.6 is 23.1 Å². The first-order valence-corrected chi connectivity index (χ1v) is 6.37. The minimum Gasteiger partial charge on any atom is -0.461 e. The minimum atomic E-state index is -0.448. The van der Waals surface area contributed by atoms with E-state index in [2.05, 4.69) is 20.2 Å². The molecule has 2 aromatic heterocycles. The molecule has 2 heterocycles. The number of carbonyl (C=O) groups excluding carboxylic acids is 1. The lowest BCUT2D eigenvalue weighted by Crippen LogP contribution is -2.03. The van der Waals surface area contributed by atoms with Gasteiger partial charge in [-0.3, -0.25) is 4.98 Å². The molecule has 8 heteroatoms. The van der Waals surface area contributed by atoms with E-state index >= 15 is 0 Å². The van der Waals surface area contributed by atoms with Gasteiger partial charge in [0.1, 0.15) is 5.03 Å². The maximum Gasteiger partial charge on any atom is 0.369 e. The first-order valence-electron chi connectivity index (χ1n) is 4.74. The van der Waals surface area contributed by atoms with Crippen LogP contribution in [0.5, 0.6) is 0 Å². The second-order valence-corrected chi connectivity index (χ2v) is 4.98. The SMILES string of the molecule is CCOC(=O)c1nnc(Sc2cnccn2)s1. The van der Waals surface area contributed by atoms with Crippen molar-refractivity contribution in [2.24, 2.45) is 0 Å². The maximum atomic E-state index is 11.4. The van der Waals surface area contributed by atoms with Crippen molar-refractivity contribution < 1.29 is 9.53 Å². The highest BCUT2D eigenvalue weighted by molar-refractivity contribution is 8.01. The second kappa shape index (κ2) is 5.69. The summed E-state index contributed by atoms with van der Waals surface area (Å²) in [5.74, 6) is -0.448. The van der Waals surface area contributed by atoms with Crippen LogP contribution in [-0.4, -0.2) is 32.7 Å². The Balaban J connectivity index is 2.06. The zero-order valence-electron chi connectivity index (χ0n) is 8.86. The second-order valence-electron chi connectivity index (χ2n) is 2.74. The molecule has 0 aliphatic heterocycles. The molecule has 0 fully saturated rings. The zero-order chi connectivity index (χ0) is 12.1. The largest absolute Gasteiger partial charge is 0.461 e. The Hall–Kier alpha value is -1.54. The molecule has 0 saturated heterocycles. The third kappa shape index (κ3) is 3.21. The van der Waals surface area contributed by atoms with E-state index in [1.54, 1.807) is 25.5 Å². The van der Waals surface area contributed by atoms with Gasteiger partial charge in [-0.1, -0.05) is 11.3 Å². The summed E-state index contributed by atoms with van der Waals surface area (Å²) >= 11 is 2.48. The van der Waals surface area contributed by atoms with Crippen molar-refractivity contribution in [3.63, 3.8) is 0 Å². The molecule has 88 valence electrons. The van der Waals surface area contributed by atoms with Crippen LogP contribution in [0.1, 0.15) is 16.7 Å². The van der Waals surface area contributed by atoms with E-state index in [-0.39, 0.29) is 5.01 Å². The molecule has 0 aliphatic rings. The molecule has 0 unspecified atom stereocenters. The summed E-state index contributed by atoms with van der Waals surface area (Å²) in [5.41, 5.74) is 0. The van der Waals surface area contributed by atoms with E-state index in [4.69, 9.17) is 4.74 Å². The Labute approximate surface area is 105 Å². The molecule has 0 spiro atoms. The fraction of sp³-hybridized carbons (Fsp3) is 0.222. The highest BCUT2D eigenvalue weighted by Gasteiger charge is 2.14. The highest BCUT2D eigenvalue weighted by atomic mass is 32.2. The molecular formula is C9H8N4O2S2. The molecule has 0 aromatic carbocycles. The van der Waals surface area contributed by atoms with Gasteiger partial charge in [-0.2, -0.15) is 0 Å². The predicted molar refractivity (Wildman–Crippen MR) is 62.0 cm³/mol. The Morgan fingerprint density at radius 1 is 1.47 bits per heavy atom. The fourth-order valence-corrected chi connectivity index (χ4v) is 2.57. The Bertz CT molecular complexity index is 503. The molecular weight excluding hydrogens is 260 g/mol. The summed E-state index contributed by atoms with van der Waals surface area (Å²) < 4.78 is 5.46. The van der Waals surface area contributed by atoms with E-state index in [1.807, 2.05) is 0 Å². The van der Waals surface area contributed by atoms with Gasteiger partial charge in [0.15, 0.2) is 4.34 Å². The van der Waals surface area contributed by atoms with E-state index in [1.165, 1.54) is 23.1 Å². The third-order valence-corrected chi connectivity index (χ3v) is 3.46. The smallest absolute Gasteiger partial charge is 0.369 e. The third-order valence-electron chi connectivity index (χ3n) is 1.59. The molecule has 0 N–H and O–H groups in total. The summed E-state index contributed by atoms with van der Waals surface area (Å²) in [6.07, 6.45) is 4.81. The summed E-state index contributed by atoms with van der Waals surface area (Å²) in [6, 6.07) is 0. The number of nitrogens with zero attached hydrogens (tertiary/aromatic N) is 4. The average Bonchev–Trinajstić information content (AvgIpc) is 2.79. The molecule has 0 saturated carbocycles. The van der Waals surface area contributed by atoms with Gasteiger partial charge in [0.25, 0.3) is 0 Å². The molecule has 0 aliphatic carbocycles.